The van der Waals surface area contributed by atoms with Gasteiger partial charge in [0.05, 0.1) is 5.69 Å². The maximum atomic E-state index is 12.3. The third-order valence-electron chi connectivity index (χ3n) is 3.26. The first-order chi connectivity index (χ1) is 11.1. The number of sulfonamides is 1. The van der Waals surface area contributed by atoms with E-state index in [2.05, 4.69) is 9.71 Å². The molecule has 0 saturated carbocycles. The van der Waals surface area contributed by atoms with Gasteiger partial charge in [-0.2, -0.15) is 0 Å². The highest BCUT2D eigenvalue weighted by Crippen LogP contribution is 2.26. The minimum Gasteiger partial charge on any atom is -0.297 e. The van der Waals surface area contributed by atoms with Gasteiger partial charge in [-0.3, -0.25) is 9.12 Å². The van der Waals surface area contributed by atoms with Crippen LogP contribution in [-0.2, 0) is 10.0 Å². The molecule has 5 nitrogen and oxygen atoms in total. The van der Waals surface area contributed by atoms with Gasteiger partial charge in [0.1, 0.15) is 4.21 Å². The van der Waals surface area contributed by atoms with E-state index in [-0.39, 0.29) is 0 Å². The first-order valence-corrected chi connectivity index (χ1v) is 9.95. The maximum absolute atomic E-state index is 12.3. The molecule has 0 aliphatic heterocycles. The molecule has 0 atom stereocenters. The summed E-state index contributed by atoms with van der Waals surface area (Å²) in [6, 6.07) is 10.5. The van der Waals surface area contributed by atoms with E-state index in [1.165, 1.54) is 11.3 Å². The number of hydrogen-bond acceptors (Lipinski definition) is 5. The Bertz CT molecular complexity index is 1030. The van der Waals surface area contributed by atoms with Gasteiger partial charge in [0.25, 0.3) is 10.0 Å². The van der Waals surface area contributed by atoms with Crippen molar-refractivity contribution in [3.8, 4) is 11.3 Å². The Labute approximate surface area is 140 Å². The molecule has 23 heavy (non-hydrogen) atoms. The number of imidazole rings is 1. The molecule has 4 rings (SSSR count). The van der Waals surface area contributed by atoms with Gasteiger partial charge in [-0.15, -0.1) is 22.7 Å². The molecule has 0 fully saturated rings. The average molecular weight is 361 g/mol. The number of thiazole rings is 1. The fourth-order valence-corrected chi connectivity index (χ4v) is 4.97. The topological polar surface area (TPSA) is 63.5 Å². The molecular weight excluding hydrogens is 350 g/mol. The Morgan fingerprint density at radius 2 is 2.00 bits per heavy atom. The van der Waals surface area contributed by atoms with E-state index in [0.29, 0.717) is 9.90 Å². The van der Waals surface area contributed by atoms with Crippen LogP contribution >= 0.6 is 22.7 Å². The van der Waals surface area contributed by atoms with E-state index in [0.717, 1.165) is 16.2 Å². The summed E-state index contributed by atoms with van der Waals surface area (Å²) in [7, 11) is -3.54. The van der Waals surface area contributed by atoms with Crippen molar-refractivity contribution in [2.24, 2.45) is 0 Å². The van der Waals surface area contributed by atoms with Crippen molar-refractivity contribution < 1.29 is 8.42 Å². The molecule has 0 bridgehead atoms. The Balaban J connectivity index is 1.68. The Morgan fingerprint density at radius 1 is 1.09 bits per heavy atom. The number of anilines is 1. The monoisotopic (exact) mass is 361 g/mol. The quantitative estimate of drug-likeness (QED) is 0.599. The lowest BCUT2D eigenvalue weighted by molar-refractivity contribution is 0.603. The van der Waals surface area contributed by atoms with Crippen molar-refractivity contribution in [1.82, 2.24) is 9.38 Å². The summed E-state index contributed by atoms with van der Waals surface area (Å²) >= 11 is 2.75. The van der Waals surface area contributed by atoms with Gasteiger partial charge < -0.3 is 0 Å². The molecule has 4 aromatic rings. The summed E-state index contributed by atoms with van der Waals surface area (Å²) in [6.07, 6.45) is 3.87. The van der Waals surface area contributed by atoms with E-state index >= 15 is 0 Å². The van der Waals surface area contributed by atoms with Gasteiger partial charge in [-0.1, -0.05) is 18.2 Å². The van der Waals surface area contributed by atoms with Crippen LogP contribution in [0.5, 0.6) is 0 Å². The number of benzene rings is 1. The van der Waals surface area contributed by atoms with Crippen molar-refractivity contribution in [2.45, 2.75) is 4.21 Å². The van der Waals surface area contributed by atoms with Gasteiger partial charge in [-0.05, 0) is 23.6 Å². The van der Waals surface area contributed by atoms with Crippen molar-refractivity contribution in [3.05, 3.63) is 59.6 Å². The van der Waals surface area contributed by atoms with Crippen molar-refractivity contribution in [3.63, 3.8) is 0 Å². The van der Waals surface area contributed by atoms with Crippen LogP contribution in [0, 0.1) is 0 Å². The van der Waals surface area contributed by atoms with Crippen LogP contribution in [-0.4, -0.2) is 17.8 Å². The van der Waals surface area contributed by atoms with Crippen molar-refractivity contribution in [1.29, 1.82) is 0 Å². The molecule has 1 aromatic carbocycles. The molecule has 3 heterocycles. The summed E-state index contributed by atoms with van der Waals surface area (Å²) < 4.78 is 29.4. The van der Waals surface area contributed by atoms with Crippen LogP contribution in [0.3, 0.4) is 0 Å². The minimum atomic E-state index is -3.54. The Kier molecular flexibility index (Phi) is 3.44. The highest BCUT2D eigenvalue weighted by Gasteiger charge is 2.15. The van der Waals surface area contributed by atoms with E-state index in [9.17, 15) is 8.42 Å². The summed E-state index contributed by atoms with van der Waals surface area (Å²) in [4.78, 5) is 5.44. The predicted molar refractivity (Wildman–Crippen MR) is 93.6 cm³/mol. The zero-order valence-electron chi connectivity index (χ0n) is 11.7. The van der Waals surface area contributed by atoms with Crippen molar-refractivity contribution >= 4 is 43.3 Å². The molecule has 0 amide bonds. The molecule has 0 spiro atoms. The summed E-state index contributed by atoms with van der Waals surface area (Å²) in [5.74, 6) is 0. The smallest absolute Gasteiger partial charge is 0.271 e. The molecule has 0 saturated heterocycles. The Hall–Kier alpha value is -2.16. The van der Waals surface area contributed by atoms with Crippen LogP contribution in [0.1, 0.15) is 0 Å². The highest BCUT2D eigenvalue weighted by molar-refractivity contribution is 7.94. The lowest BCUT2D eigenvalue weighted by Crippen LogP contribution is -2.11. The molecule has 0 radical (unpaired) electrons. The van der Waals surface area contributed by atoms with Gasteiger partial charge in [0.2, 0.25) is 0 Å². The standard InChI is InChI=1S/C15H11N3O2S3/c19-23(20,14-5-2-7-21-14)17-12-4-1-3-11(9-12)13-10-18-6-8-22-15(18)16-13/h1-10,17H. The second kappa shape index (κ2) is 5.48. The predicted octanol–water partition coefficient (Wildman–Crippen LogP) is 3.93. The van der Waals surface area contributed by atoms with Gasteiger partial charge in [0.15, 0.2) is 4.96 Å². The third-order valence-corrected chi connectivity index (χ3v) is 6.81. The lowest BCUT2D eigenvalue weighted by Gasteiger charge is -2.07. The molecule has 0 unspecified atom stereocenters. The molecule has 0 aliphatic rings. The first kappa shape index (κ1) is 14.4. The van der Waals surface area contributed by atoms with E-state index in [4.69, 9.17) is 0 Å². The first-order valence-electron chi connectivity index (χ1n) is 6.71. The highest BCUT2D eigenvalue weighted by atomic mass is 32.2. The van der Waals surface area contributed by atoms with Crippen LogP contribution in [0.4, 0.5) is 5.69 Å². The summed E-state index contributed by atoms with van der Waals surface area (Å²) in [5.41, 5.74) is 2.20. The second-order valence-electron chi connectivity index (χ2n) is 4.84. The normalized spacial score (nSPS) is 11.8. The summed E-state index contributed by atoms with van der Waals surface area (Å²) in [6.45, 7) is 0. The van der Waals surface area contributed by atoms with Crippen LogP contribution in [0.25, 0.3) is 16.2 Å². The molecule has 0 aliphatic carbocycles. The van der Waals surface area contributed by atoms with Gasteiger partial charge in [-0.25, -0.2) is 13.4 Å². The molecular formula is C15H11N3O2S3. The molecule has 116 valence electrons. The number of thiophene rings is 1. The fourth-order valence-electron chi connectivity index (χ4n) is 2.23. The van der Waals surface area contributed by atoms with E-state index in [1.54, 1.807) is 41.0 Å². The number of fused-ring (bicyclic) bond motifs is 1. The number of aromatic nitrogens is 2. The third kappa shape index (κ3) is 2.76. The van der Waals surface area contributed by atoms with Crippen LogP contribution in [0.2, 0.25) is 0 Å². The SMILES string of the molecule is O=S(=O)(Nc1cccc(-c2cn3ccsc3n2)c1)c1cccs1. The van der Waals surface area contributed by atoms with Crippen LogP contribution < -0.4 is 4.72 Å². The number of nitrogens with one attached hydrogen (secondary N) is 1. The average Bonchev–Trinajstić information content (AvgIpc) is 3.24. The molecule has 1 N–H and O–H groups in total. The van der Waals surface area contributed by atoms with E-state index in [1.807, 2.05) is 34.3 Å². The minimum absolute atomic E-state index is 0.297. The molecule has 8 heteroatoms. The largest absolute Gasteiger partial charge is 0.297 e. The fraction of sp³-hybridized carbons (Fsp3) is 0. The van der Waals surface area contributed by atoms with Gasteiger partial charge >= 0.3 is 0 Å². The summed E-state index contributed by atoms with van der Waals surface area (Å²) in [5, 5.41) is 3.71. The zero-order valence-corrected chi connectivity index (χ0v) is 14.2. The lowest BCUT2D eigenvalue weighted by atomic mass is 10.1. The maximum Gasteiger partial charge on any atom is 0.271 e. The number of nitrogens with zero attached hydrogens (tertiary/aromatic N) is 2. The second-order valence-corrected chi connectivity index (χ2v) is 8.57. The number of rotatable bonds is 4. The van der Waals surface area contributed by atoms with E-state index < -0.39 is 10.0 Å². The number of hydrogen-bond donors (Lipinski definition) is 1. The van der Waals surface area contributed by atoms with Gasteiger partial charge in [0, 0.05) is 29.0 Å². The molecule has 3 aromatic heterocycles. The van der Waals surface area contributed by atoms with Crippen molar-refractivity contribution in [2.75, 3.05) is 4.72 Å². The zero-order chi connectivity index (χ0) is 15.9. The Morgan fingerprint density at radius 3 is 2.78 bits per heavy atom. The van der Waals surface area contributed by atoms with Crippen LogP contribution in [0.15, 0.2) is 63.8 Å².